The average Bonchev–Trinajstić information content (AvgIpc) is 2.54. The largest absolute Gasteiger partial charge is 0.387 e. The van der Waals surface area contributed by atoms with Crippen LogP contribution in [-0.4, -0.2) is 26.3 Å². The minimum Gasteiger partial charge on any atom is -0.387 e. The number of sulfonamides is 1. The second-order valence-electron chi connectivity index (χ2n) is 5.09. The van der Waals surface area contributed by atoms with Gasteiger partial charge in [0, 0.05) is 6.54 Å². The summed E-state index contributed by atoms with van der Waals surface area (Å²) in [6.45, 7) is 0.223. The lowest BCUT2D eigenvalue weighted by Crippen LogP contribution is -2.30. The van der Waals surface area contributed by atoms with Gasteiger partial charge in [-0.15, -0.1) is 4.47 Å². The van der Waals surface area contributed by atoms with Crippen molar-refractivity contribution in [2.45, 2.75) is 12.7 Å². The molecule has 0 unspecified atom stereocenters. The lowest BCUT2D eigenvalue weighted by Gasteiger charge is -2.22. The molecule has 0 bridgehead atoms. The fourth-order valence-corrected chi connectivity index (χ4v) is 2.77. The summed E-state index contributed by atoms with van der Waals surface area (Å²) in [6, 6.07) is 15.7. The van der Waals surface area contributed by atoms with Crippen LogP contribution in [-0.2, 0) is 21.5 Å². The van der Waals surface area contributed by atoms with E-state index in [2.05, 4.69) is 0 Å². The maximum atomic E-state index is 12.0. The molecule has 0 radical (unpaired) electrons. The zero-order valence-electron chi connectivity index (χ0n) is 12.8. The maximum absolute atomic E-state index is 12.0. The Labute approximate surface area is 136 Å². The number of rotatable bonds is 7. The Morgan fingerprint density at radius 2 is 1.74 bits per heavy atom. The molecule has 0 spiro atoms. The van der Waals surface area contributed by atoms with Gasteiger partial charge in [0.2, 0.25) is 0 Å². The number of hydrogen-bond acceptors (Lipinski definition) is 5. The highest BCUT2D eigenvalue weighted by atomic mass is 32.2. The summed E-state index contributed by atoms with van der Waals surface area (Å²) >= 11 is 0. The number of anilines is 1. The Bertz CT molecular complexity index is 718. The summed E-state index contributed by atoms with van der Waals surface area (Å²) in [7, 11) is -3.60. The molecular weight excluding hydrogens is 316 g/mol. The van der Waals surface area contributed by atoms with E-state index in [0.29, 0.717) is 11.3 Å². The van der Waals surface area contributed by atoms with E-state index in [9.17, 15) is 13.5 Å². The summed E-state index contributed by atoms with van der Waals surface area (Å²) in [5.41, 5.74) is 7.24. The zero-order chi connectivity index (χ0) is 16.9. The van der Waals surface area contributed by atoms with Crippen LogP contribution in [0.15, 0.2) is 54.6 Å². The zero-order valence-corrected chi connectivity index (χ0v) is 13.6. The molecule has 2 aromatic carbocycles. The van der Waals surface area contributed by atoms with Crippen LogP contribution < -0.4 is 10.2 Å². The van der Waals surface area contributed by atoms with Crippen LogP contribution in [0.2, 0.25) is 0 Å². The highest BCUT2D eigenvalue weighted by Gasteiger charge is 2.19. The topological polar surface area (TPSA) is 92.9 Å². The van der Waals surface area contributed by atoms with Crippen molar-refractivity contribution in [2.24, 2.45) is 5.73 Å². The third-order valence-corrected chi connectivity index (χ3v) is 4.12. The number of nitrogens with two attached hydrogens (primary N) is 1. The van der Waals surface area contributed by atoms with Crippen molar-refractivity contribution in [2.75, 3.05) is 17.3 Å². The second-order valence-corrected chi connectivity index (χ2v) is 6.89. The van der Waals surface area contributed by atoms with E-state index < -0.39 is 16.1 Å². The smallest absolute Gasteiger partial charge is 0.254 e. The molecule has 2 rings (SSSR count). The molecule has 0 aromatic heterocycles. The van der Waals surface area contributed by atoms with Crippen LogP contribution in [0.3, 0.4) is 0 Å². The highest BCUT2D eigenvalue weighted by Crippen LogP contribution is 2.22. The molecule has 0 saturated carbocycles. The van der Waals surface area contributed by atoms with Gasteiger partial charge in [-0.1, -0.05) is 42.5 Å². The third kappa shape index (κ3) is 4.77. The van der Waals surface area contributed by atoms with Crippen molar-refractivity contribution in [1.82, 2.24) is 0 Å². The quantitative estimate of drug-likeness (QED) is 0.749. The first kappa shape index (κ1) is 17.4. The number of benzene rings is 2. The molecule has 124 valence electrons. The Hall–Kier alpha value is -1.93. The Morgan fingerprint density at radius 1 is 1.13 bits per heavy atom. The van der Waals surface area contributed by atoms with Gasteiger partial charge in [0.15, 0.2) is 0 Å². The number of hydrogen-bond donors (Lipinski definition) is 2. The SMILES string of the molecule is CS(=O)(=O)N(OCc1ccccc1)c1ccc([C@@H](O)CN)cc1. The molecule has 2 aromatic rings. The molecule has 6 nitrogen and oxygen atoms in total. The monoisotopic (exact) mass is 336 g/mol. The number of aliphatic hydroxyl groups is 1. The third-order valence-electron chi connectivity index (χ3n) is 3.20. The molecule has 0 saturated heterocycles. The normalized spacial score (nSPS) is 12.8. The van der Waals surface area contributed by atoms with Crippen molar-refractivity contribution in [1.29, 1.82) is 0 Å². The van der Waals surface area contributed by atoms with Gasteiger partial charge in [0.25, 0.3) is 10.0 Å². The van der Waals surface area contributed by atoms with Gasteiger partial charge in [0.1, 0.15) is 6.61 Å². The lowest BCUT2D eigenvalue weighted by atomic mass is 10.1. The molecule has 23 heavy (non-hydrogen) atoms. The van der Waals surface area contributed by atoms with E-state index in [4.69, 9.17) is 10.6 Å². The van der Waals surface area contributed by atoms with Crippen molar-refractivity contribution in [3.05, 3.63) is 65.7 Å². The molecule has 7 heteroatoms. The summed E-state index contributed by atoms with van der Waals surface area (Å²) < 4.78 is 24.8. The maximum Gasteiger partial charge on any atom is 0.254 e. The van der Waals surface area contributed by atoms with Gasteiger partial charge in [-0.05, 0) is 23.3 Å². The van der Waals surface area contributed by atoms with Gasteiger partial charge in [0.05, 0.1) is 18.0 Å². The van der Waals surface area contributed by atoms with E-state index in [1.54, 1.807) is 24.3 Å². The average molecular weight is 336 g/mol. The summed E-state index contributed by atoms with van der Waals surface area (Å²) in [4.78, 5) is 5.46. The van der Waals surface area contributed by atoms with Crippen molar-refractivity contribution >= 4 is 15.7 Å². The molecule has 0 fully saturated rings. The van der Waals surface area contributed by atoms with Gasteiger partial charge in [-0.25, -0.2) is 8.42 Å². The van der Waals surface area contributed by atoms with Crippen LogP contribution in [0.25, 0.3) is 0 Å². The van der Waals surface area contributed by atoms with Gasteiger partial charge in [-0.2, -0.15) is 0 Å². The van der Waals surface area contributed by atoms with Gasteiger partial charge >= 0.3 is 0 Å². The van der Waals surface area contributed by atoms with Gasteiger partial charge < -0.3 is 10.8 Å². The number of aliphatic hydroxyl groups excluding tert-OH is 1. The molecular formula is C16H20N2O4S. The van der Waals surface area contributed by atoms with E-state index in [1.807, 2.05) is 30.3 Å². The van der Waals surface area contributed by atoms with E-state index in [1.165, 1.54) is 0 Å². The van der Waals surface area contributed by atoms with E-state index in [-0.39, 0.29) is 13.2 Å². The van der Waals surface area contributed by atoms with E-state index in [0.717, 1.165) is 16.3 Å². The van der Waals surface area contributed by atoms with Crippen LogP contribution in [0.4, 0.5) is 5.69 Å². The van der Waals surface area contributed by atoms with Crippen LogP contribution in [0.5, 0.6) is 0 Å². The second kappa shape index (κ2) is 7.56. The first-order valence-electron chi connectivity index (χ1n) is 7.07. The molecule has 0 aliphatic carbocycles. The van der Waals surface area contributed by atoms with Crippen LogP contribution in [0.1, 0.15) is 17.2 Å². The molecule has 0 aliphatic heterocycles. The summed E-state index contributed by atoms with van der Waals surface area (Å²) in [6.07, 6.45) is 0.293. The standard InChI is InChI=1S/C16H20N2O4S/c1-23(20,21)18(22-12-13-5-3-2-4-6-13)15-9-7-14(8-10-15)16(19)11-17/h2-10,16,19H,11-12,17H2,1H3/t16-/m0/s1. The fraction of sp³-hybridized carbons (Fsp3) is 0.250. The number of nitrogens with zero attached hydrogens (tertiary/aromatic N) is 1. The Balaban J connectivity index is 2.19. The minimum absolute atomic E-state index is 0.0969. The Morgan fingerprint density at radius 3 is 2.26 bits per heavy atom. The van der Waals surface area contributed by atoms with Crippen LogP contribution >= 0.6 is 0 Å². The highest BCUT2D eigenvalue weighted by molar-refractivity contribution is 7.91. The lowest BCUT2D eigenvalue weighted by molar-refractivity contribution is 0.135. The Kier molecular flexibility index (Phi) is 5.73. The molecule has 0 heterocycles. The molecule has 1 atom stereocenters. The van der Waals surface area contributed by atoms with E-state index >= 15 is 0 Å². The fourth-order valence-electron chi connectivity index (χ4n) is 2.02. The minimum atomic E-state index is -3.60. The van der Waals surface area contributed by atoms with Crippen molar-refractivity contribution < 1.29 is 18.4 Å². The first-order chi connectivity index (χ1) is 10.9. The van der Waals surface area contributed by atoms with Gasteiger partial charge in [-0.3, -0.25) is 4.84 Å². The summed E-state index contributed by atoms with van der Waals surface area (Å²) in [5, 5.41) is 9.68. The summed E-state index contributed by atoms with van der Waals surface area (Å²) in [5.74, 6) is 0. The van der Waals surface area contributed by atoms with Crippen LogP contribution in [0, 0.1) is 0 Å². The van der Waals surface area contributed by atoms with Crippen molar-refractivity contribution in [3.63, 3.8) is 0 Å². The molecule has 0 amide bonds. The molecule has 3 N–H and O–H groups in total. The predicted molar refractivity (Wildman–Crippen MR) is 89.0 cm³/mol. The van der Waals surface area contributed by atoms with Crippen molar-refractivity contribution in [3.8, 4) is 0 Å². The first-order valence-corrected chi connectivity index (χ1v) is 8.92. The predicted octanol–water partition coefficient (Wildman–Crippen LogP) is 1.58. The molecule has 0 aliphatic rings.